The first-order valence-corrected chi connectivity index (χ1v) is 5.38. The monoisotopic (exact) mass is 222 g/mol. The van der Waals surface area contributed by atoms with Crippen LogP contribution in [0.15, 0.2) is 30.4 Å². The Kier molecular flexibility index (Phi) is 4.65. The number of hydrogen-bond acceptors (Lipinski definition) is 2. The van der Waals surface area contributed by atoms with E-state index in [1.807, 2.05) is 13.0 Å². The molecule has 0 aliphatic rings. The fraction of sp³-hybridized carbons (Fsp3) is 0.385. The van der Waals surface area contributed by atoms with Gasteiger partial charge in [0.15, 0.2) is 0 Å². The lowest BCUT2D eigenvalue weighted by Gasteiger charge is -2.18. The van der Waals surface area contributed by atoms with Gasteiger partial charge in [-0.2, -0.15) is 0 Å². The molecular weight excluding hydrogens is 203 g/mol. The van der Waals surface area contributed by atoms with Crippen LogP contribution in [0.1, 0.15) is 24.1 Å². The number of nitrogens with one attached hydrogen (secondary N) is 1. The molecule has 0 aromatic heterocycles. The second-order valence-electron chi connectivity index (χ2n) is 4.13. The van der Waals surface area contributed by atoms with Crippen LogP contribution in [0.25, 0.3) is 0 Å². The molecule has 0 radical (unpaired) electrons. The van der Waals surface area contributed by atoms with E-state index in [4.69, 9.17) is 5.73 Å². The molecule has 2 nitrogen and oxygen atoms in total. The second kappa shape index (κ2) is 5.77. The summed E-state index contributed by atoms with van der Waals surface area (Å²) >= 11 is 0. The van der Waals surface area contributed by atoms with E-state index < -0.39 is 0 Å². The average Bonchev–Trinajstić information content (AvgIpc) is 2.23. The molecule has 0 spiro atoms. The van der Waals surface area contributed by atoms with Crippen molar-refractivity contribution in [2.45, 2.75) is 19.9 Å². The number of halogens is 1. The summed E-state index contributed by atoms with van der Waals surface area (Å²) in [7, 11) is 0. The van der Waals surface area contributed by atoms with Gasteiger partial charge in [0, 0.05) is 19.1 Å². The zero-order valence-electron chi connectivity index (χ0n) is 9.89. The summed E-state index contributed by atoms with van der Waals surface area (Å²) in [4.78, 5) is 0. The van der Waals surface area contributed by atoms with Crippen LogP contribution in [0.5, 0.6) is 0 Å². The molecule has 0 heterocycles. The molecule has 0 aliphatic heterocycles. The highest BCUT2D eigenvalue weighted by molar-refractivity contribution is 5.26. The third-order valence-corrected chi connectivity index (χ3v) is 2.47. The van der Waals surface area contributed by atoms with Crippen molar-refractivity contribution < 1.29 is 4.39 Å². The lowest BCUT2D eigenvalue weighted by molar-refractivity contribution is 0.564. The Labute approximate surface area is 96.4 Å². The third kappa shape index (κ3) is 3.43. The van der Waals surface area contributed by atoms with Gasteiger partial charge in [0.2, 0.25) is 0 Å². The predicted molar refractivity (Wildman–Crippen MR) is 65.7 cm³/mol. The van der Waals surface area contributed by atoms with E-state index in [1.54, 1.807) is 13.0 Å². The number of nitrogens with two attached hydrogens (primary N) is 1. The Bertz CT molecular complexity index is 374. The minimum absolute atomic E-state index is 0.0519. The standard InChI is InChI=1S/C13H19FN2/c1-9(2)8-16-13(7-15)11-4-5-12(14)10(3)6-11/h4-6,13,16H,1,7-8,15H2,2-3H3. The summed E-state index contributed by atoms with van der Waals surface area (Å²) in [6.45, 7) is 8.74. The van der Waals surface area contributed by atoms with Crippen LogP contribution in [0.4, 0.5) is 4.39 Å². The van der Waals surface area contributed by atoms with Crippen LogP contribution in [0.3, 0.4) is 0 Å². The van der Waals surface area contributed by atoms with E-state index >= 15 is 0 Å². The molecule has 0 saturated carbocycles. The molecule has 3 N–H and O–H groups in total. The van der Waals surface area contributed by atoms with Crippen LogP contribution in [0.2, 0.25) is 0 Å². The molecule has 1 atom stereocenters. The summed E-state index contributed by atoms with van der Waals surface area (Å²) in [5.74, 6) is -0.181. The van der Waals surface area contributed by atoms with Crippen molar-refractivity contribution in [1.82, 2.24) is 5.32 Å². The molecule has 88 valence electrons. The maximum atomic E-state index is 13.1. The van der Waals surface area contributed by atoms with E-state index in [-0.39, 0.29) is 11.9 Å². The molecule has 0 fully saturated rings. The van der Waals surface area contributed by atoms with E-state index in [1.165, 1.54) is 6.07 Å². The summed E-state index contributed by atoms with van der Waals surface area (Å²) in [6.07, 6.45) is 0. The van der Waals surface area contributed by atoms with Crippen LogP contribution in [-0.2, 0) is 0 Å². The maximum absolute atomic E-state index is 13.1. The highest BCUT2D eigenvalue weighted by Crippen LogP contribution is 2.16. The molecule has 0 bridgehead atoms. The Morgan fingerprint density at radius 3 is 2.75 bits per heavy atom. The van der Waals surface area contributed by atoms with Crippen molar-refractivity contribution >= 4 is 0 Å². The van der Waals surface area contributed by atoms with Crippen LogP contribution in [0, 0.1) is 12.7 Å². The van der Waals surface area contributed by atoms with Gasteiger partial charge in [-0.05, 0) is 31.0 Å². The third-order valence-electron chi connectivity index (χ3n) is 2.47. The molecular formula is C13H19FN2. The van der Waals surface area contributed by atoms with E-state index in [0.29, 0.717) is 12.1 Å². The first-order chi connectivity index (χ1) is 7.54. The zero-order chi connectivity index (χ0) is 12.1. The SMILES string of the molecule is C=C(C)CNC(CN)c1ccc(F)c(C)c1. The number of hydrogen-bond donors (Lipinski definition) is 2. The highest BCUT2D eigenvalue weighted by atomic mass is 19.1. The smallest absolute Gasteiger partial charge is 0.126 e. The van der Waals surface area contributed by atoms with Crippen molar-refractivity contribution in [3.63, 3.8) is 0 Å². The first-order valence-electron chi connectivity index (χ1n) is 5.38. The van der Waals surface area contributed by atoms with E-state index in [0.717, 1.165) is 17.7 Å². The molecule has 1 rings (SSSR count). The Morgan fingerprint density at radius 1 is 1.56 bits per heavy atom. The molecule has 1 aromatic rings. The van der Waals surface area contributed by atoms with Crippen molar-refractivity contribution in [3.8, 4) is 0 Å². The number of rotatable bonds is 5. The lowest BCUT2D eigenvalue weighted by atomic mass is 10.0. The molecule has 3 heteroatoms. The van der Waals surface area contributed by atoms with E-state index in [9.17, 15) is 4.39 Å². The van der Waals surface area contributed by atoms with Gasteiger partial charge in [-0.25, -0.2) is 4.39 Å². The van der Waals surface area contributed by atoms with Gasteiger partial charge in [0.05, 0.1) is 0 Å². The van der Waals surface area contributed by atoms with Gasteiger partial charge in [0.25, 0.3) is 0 Å². The number of aryl methyl sites for hydroxylation is 1. The summed E-state index contributed by atoms with van der Waals surface area (Å²) < 4.78 is 13.1. The summed E-state index contributed by atoms with van der Waals surface area (Å²) in [6, 6.07) is 5.13. The lowest BCUT2D eigenvalue weighted by Crippen LogP contribution is -2.29. The van der Waals surface area contributed by atoms with Crippen molar-refractivity contribution in [2.75, 3.05) is 13.1 Å². The van der Waals surface area contributed by atoms with Crippen molar-refractivity contribution in [3.05, 3.63) is 47.3 Å². The maximum Gasteiger partial charge on any atom is 0.126 e. The molecule has 1 aromatic carbocycles. The zero-order valence-corrected chi connectivity index (χ0v) is 9.89. The Morgan fingerprint density at radius 2 is 2.25 bits per heavy atom. The normalized spacial score (nSPS) is 12.5. The molecule has 0 aliphatic carbocycles. The molecule has 0 saturated heterocycles. The fourth-order valence-electron chi connectivity index (χ4n) is 1.52. The van der Waals surface area contributed by atoms with Crippen molar-refractivity contribution in [2.24, 2.45) is 5.73 Å². The van der Waals surface area contributed by atoms with Crippen LogP contribution in [-0.4, -0.2) is 13.1 Å². The minimum atomic E-state index is -0.181. The van der Waals surface area contributed by atoms with E-state index in [2.05, 4.69) is 11.9 Å². The van der Waals surface area contributed by atoms with Crippen LogP contribution >= 0.6 is 0 Å². The Hall–Kier alpha value is -1.19. The van der Waals surface area contributed by atoms with Crippen molar-refractivity contribution in [1.29, 1.82) is 0 Å². The first kappa shape index (κ1) is 12.9. The van der Waals surface area contributed by atoms with Crippen LogP contribution < -0.4 is 11.1 Å². The summed E-state index contributed by atoms with van der Waals surface area (Å²) in [5, 5.41) is 3.28. The summed E-state index contributed by atoms with van der Waals surface area (Å²) in [5.41, 5.74) is 8.41. The van der Waals surface area contributed by atoms with Gasteiger partial charge < -0.3 is 11.1 Å². The topological polar surface area (TPSA) is 38.0 Å². The Balaban J connectivity index is 2.78. The quantitative estimate of drug-likeness (QED) is 0.750. The molecule has 16 heavy (non-hydrogen) atoms. The minimum Gasteiger partial charge on any atom is -0.329 e. The molecule has 0 amide bonds. The van der Waals surface area contributed by atoms with Gasteiger partial charge in [-0.1, -0.05) is 24.3 Å². The number of benzene rings is 1. The largest absolute Gasteiger partial charge is 0.329 e. The average molecular weight is 222 g/mol. The predicted octanol–water partition coefficient (Wildman–Crippen LogP) is 2.30. The fourth-order valence-corrected chi connectivity index (χ4v) is 1.52. The van der Waals surface area contributed by atoms with Gasteiger partial charge >= 0.3 is 0 Å². The highest BCUT2D eigenvalue weighted by Gasteiger charge is 2.10. The second-order valence-corrected chi connectivity index (χ2v) is 4.13. The molecule has 1 unspecified atom stereocenters. The van der Waals surface area contributed by atoms with Gasteiger partial charge in [-0.3, -0.25) is 0 Å². The van der Waals surface area contributed by atoms with Gasteiger partial charge in [-0.15, -0.1) is 0 Å². The van der Waals surface area contributed by atoms with Gasteiger partial charge in [0.1, 0.15) is 5.82 Å².